The van der Waals surface area contributed by atoms with Gasteiger partial charge >= 0.3 is 6.18 Å². The average molecular weight is 455 g/mol. The zero-order valence-corrected chi connectivity index (χ0v) is 17.0. The van der Waals surface area contributed by atoms with Gasteiger partial charge in [0.15, 0.2) is 0 Å². The fraction of sp³-hybridized carbons (Fsp3) is 0.300. The summed E-state index contributed by atoms with van der Waals surface area (Å²) in [6.45, 7) is 0.0224. The van der Waals surface area contributed by atoms with Gasteiger partial charge in [0, 0.05) is 30.3 Å². The lowest BCUT2D eigenvalue weighted by Crippen LogP contribution is -2.41. The number of sulfonamides is 1. The van der Waals surface area contributed by atoms with Gasteiger partial charge in [-0.05, 0) is 55.3 Å². The lowest BCUT2D eigenvalue weighted by molar-refractivity contribution is -0.137. The van der Waals surface area contributed by atoms with Gasteiger partial charge in [-0.25, -0.2) is 8.42 Å². The fourth-order valence-electron chi connectivity index (χ4n) is 3.30. The molecule has 0 aliphatic carbocycles. The Bertz CT molecular complexity index is 1080. The standard InChI is InChI=1S/C20H20F3N3O4S/c21-20(22,23)15-2-1-3-17(12-15)31(29,30)26-10-8-14(9-11-26)19(28)25-16-6-4-13(5-7-16)18(24)27/h1-7,12,14H,8-11H2,(H2,24,27)(H,25,28). The molecular weight excluding hydrogens is 435 g/mol. The number of piperidine rings is 1. The molecule has 0 aromatic heterocycles. The van der Waals surface area contributed by atoms with Crippen LogP contribution in [0.5, 0.6) is 0 Å². The predicted octanol–water partition coefficient (Wildman–Crippen LogP) is 2.84. The number of amides is 2. The number of alkyl halides is 3. The maximum absolute atomic E-state index is 12.9. The van der Waals surface area contributed by atoms with Crippen LogP contribution in [0.15, 0.2) is 53.4 Å². The van der Waals surface area contributed by atoms with Crippen molar-refractivity contribution < 1.29 is 31.2 Å². The van der Waals surface area contributed by atoms with E-state index in [1.54, 1.807) is 0 Å². The van der Waals surface area contributed by atoms with Crippen LogP contribution in [0, 0.1) is 5.92 Å². The number of nitrogens with zero attached hydrogens (tertiary/aromatic N) is 1. The van der Waals surface area contributed by atoms with E-state index in [9.17, 15) is 31.2 Å². The minimum Gasteiger partial charge on any atom is -0.366 e. The summed E-state index contributed by atoms with van der Waals surface area (Å²) in [5.74, 6) is -1.35. The number of hydrogen-bond donors (Lipinski definition) is 2. The lowest BCUT2D eigenvalue weighted by atomic mass is 9.97. The molecule has 1 fully saturated rings. The number of carbonyl (C=O) groups excluding carboxylic acids is 2. The first-order valence-electron chi connectivity index (χ1n) is 9.36. The number of benzene rings is 2. The number of hydrogen-bond acceptors (Lipinski definition) is 4. The van der Waals surface area contributed by atoms with Gasteiger partial charge in [-0.3, -0.25) is 9.59 Å². The van der Waals surface area contributed by atoms with Crippen molar-refractivity contribution in [2.24, 2.45) is 11.7 Å². The number of halogens is 3. The third kappa shape index (κ3) is 5.23. The molecule has 2 amide bonds. The summed E-state index contributed by atoms with van der Waals surface area (Å²) in [5, 5.41) is 2.70. The van der Waals surface area contributed by atoms with Crippen LogP contribution in [-0.2, 0) is 21.0 Å². The SMILES string of the molecule is NC(=O)c1ccc(NC(=O)C2CCN(S(=O)(=O)c3cccc(C(F)(F)F)c3)CC2)cc1. The van der Waals surface area contributed by atoms with E-state index in [4.69, 9.17) is 5.73 Å². The predicted molar refractivity (Wildman–Crippen MR) is 107 cm³/mol. The highest BCUT2D eigenvalue weighted by Gasteiger charge is 2.35. The number of primary amides is 1. The molecule has 11 heteroatoms. The van der Waals surface area contributed by atoms with Crippen LogP contribution in [0.1, 0.15) is 28.8 Å². The number of anilines is 1. The van der Waals surface area contributed by atoms with Gasteiger partial charge in [-0.15, -0.1) is 0 Å². The van der Waals surface area contributed by atoms with E-state index >= 15 is 0 Å². The smallest absolute Gasteiger partial charge is 0.366 e. The van der Waals surface area contributed by atoms with Crippen molar-refractivity contribution in [3.63, 3.8) is 0 Å². The third-order valence-electron chi connectivity index (χ3n) is 5.06. The lowest BCUT2D eigenvalue weighted by Gasteiger charge is -2.30. The Labute approximate surface area is 177 Å². The summed E-state index contributed by atoms with van der Waals surface area (Å²) in [6.07, 6.45) is -4.20. The molecule has 0 bridgehead atoms. The van der Waals surface area contributed by atoms with Crippen LogP contribution in [0.3, 0.4) is 0 Å². The van der Waals surface area contributed by atoms with Crippen molar-refractivity contribution in [3.05, 3.63) is 59.7 Å². The van der Waals surface area contributed by atoms with E-state index in [2.05, 4.69) is 5.32 Å². The molecule has 1 heterocycles. The van der Waals surface area contributed by atoms with Gasteiger partial charge in [0.1, 0.15) is 0 Å². The van der Waals surface area contributed by atoms with E-state index < -0.39 is 38.5 Å². The zero-order chi connectivity index (χ0) is 22.8. The number of nitrogens with one attached hydrogen (secondary N) is 1. The highest BCUT2D eigenvalue weighted by molar-refractivity contribution is 7.89. The zero-order valence-electron chi connectivity index (χ0n) is 16.2. The highest BCUT2D eigenvalue weighted by atomic mass is 32.2. The monoisotopic (exact) mass is 455 g/mol. The molecule has 0 saturated carbocycles. The van der Waals surface area contributed by atoms with E-state index in [1.165, 1.54) is 24.3 Å². The van der Waals surface area contributed by atoms with E-state index in [0.29, 0.717) is 17.3 Å². The first kappa shape index (κ1) is 22.8. The molecule has 2 aromatic carbocycles. The maximum atomic E-state index is 12.9. The van der Waals surface area contributed by atoms with Crippen LogP contribution >= 0.6 is 0 Å². The molecule has 0 radical (unpaired) electrons. The molecule has 7 nitrogen and oxygen atoms in total. The molecule has 31 heavy (non-hydrogen) atoms. The molecule has 2 aromatic rings. The summed E-state index contributed by atoms with van der Waals surface area (Å²) in [7, 11) is -4.11. The fourth-order valence-corrected chi connectivity index (χ4v) is 4.82. The van der Waals surface area contributed by atoms with Crippen LogP contribution in [0.25, 0.3) is 0 Å². The second-order valence-corrected chi connectivity index (χ2v) is 9.07. The van der Waals surface area contributed by atoms with Crippen molar-refractivity contribution >= 4 is 27.5 Å². The largest absolute Gasteiger partial charge is 0.416 e. The first-order valence-corrected chi connectivity index (χ1v) is 10.8. The highest BCUT2D eigenvalue weighted by Crippen LogP contribution is 2.32. The molecule has 1 saturated heterocycles. The Morgan fingerprint density at radius 2 is 1.65 bits per heavy atom. The van der Waals surface area contributed by atoms with Crippen LogP contribution in [0.2, 0.25) is 0 Å². The Morgan fingerprint density at radius 3 is 2.19 bits per heavy atom. The van der Waals surface area contributed by atoms with Crippen LogP contribution < -0.4 is 11.1 Å². The molecule has 1 aliphatic heterocycles. The van der Waals surface area contributed by atoms with E-state index in [-0.39, 0.29) is 31.8 Å². The van der Waals surface area contributed by atoms with Gasteiger partial charge in [0.05, 0.1) is 10.5 Å². The summed E-state index contributed by atoms with van der Waals surface area (Å²) in [4.78, 5) is 23.1. The topological polar surface area (TPSA) is 110 Å². The molecule has 0 atom stereocenters. The number of nitrogens with two attached hydrogens (primary N) is 1. The third-order valence-corrected chi connectivity index (χ3v) is 6.96. The van der Waals surface area contributed by atoms with Crippen molar-refractivity contribution in [2.75, 3.05) is 18.4 Å². The summed E-state index contributed by atoms with van der Waals surface area (Å²) in [6, 6.07) is 9.62. The first-order chi connectivity index (χ1) is 14.5. The van der Waals surface area contributed by atoms with E-state index in [0.717, 1.165) is 22.5 Å². The molecule has 3 rings (SSSR count). The summed E-state index contributed by atoms with van der Waals surface area (Å²) in [5.41, 5.74) is 4.89. The van der Waals surface area contributed by atoms with Crippen molar-refractivity contribution in [1.82, 2.24) is 4.31 Å². The van der Waals surface area contributed by atoms with Gasteiger partial charge in [0.25, 0.3) is 0 Å². The van der Waals surface area contributed by atoms with Gasteiger partial charge in [0.2, 0.25) is 21.8 Å². The average Bonchev–Trinajstić information content (AvgIpc) is 2.73. The van der Waals surface area contributed by atoms with Crippen molar-refractivity contribution in [3.8, 4) is 0 Å². The maximum Gasteiger partial charge on any atom is 0.416 e. The Kier molecular flexibility index (Phi) is 6.37. The van der Waals surface area contributed by atoms with Crippen molar-refractivity contribution in [1.29, 1.82) is 0 Å². The van der Waals surface area contributed by atoms with Crippen LogP contribution in [-0.4, -0.2) is 37.6 Å². The number of carbonyl (C=O) groups is 2. The molecular formula is C20H20F3N3O4S. The van der Waals surface area contributed by atoms with Crippen LogP contribution in [0.4, 0.5) is 18.9 Å². The molecule has 1 aliphatic rings. The molecule has 0 unspecified atom stereocenters. The number of rotatable bonds is 5. The molecule has 3 N–H and O–H groups in total. The van der Waals surface area contributed by atoms with Gasteiger partial charge < -0.3 is 11.1 Å². The molecule has 166 valence electrons. The Hall–Kier alpha value is -2.92. The summed E-state index contributed by atoms with van der Waals surface area (Å²) < 4.78 is 65.3. The van der Waals surface area contributed by atoms with Gasteiger partial charge in [-0.2, -0.15) is 17.5 Å². The minimum absolute atomic E-state index is 0.0112. The quantitative estimate of drug-likeness (QED) is 0.723. The van der Waals surface area contributed by atoms with E-state index in [1.807, 2.05) is 0 Å². The Balaban J connectivity index is 1.63. The Morgan fingerprint density at radius 1 is 1.03 bits per heavy atom. The second kappa shape index (κ2) is 8.67. The van der Waals surface area contributed by atoms with Gasteiger partial charge in [-0.1, -0.05) is 6.07 Å². The minimum atomic E-state index is -4.65. The molecule has 0 spiro atoms. The normalized spacial score (nSPS) is 16.1. The van der Waals surface area contributed by atoms with Crippen molar-refractivity contribution in [2.45, 2.75) is 23.9 Å². The second-order valence-electron chi connectivity index (χ2n) is 7.13. The summed E-state index contributed by atoms with van der Waals surface area (Å²) >= 11 is 0.